The first kappa shape index (κ1) is 10.3. The van der Waals surface area contributed by atoms with Gasteiger partial charge in [-0.15, -0.1) is 0 Å². The topological polar surface area (TPSA) is 34.1 Å². The van der Waals surface area contributed by atoms with Gasteiger partial charge in [-0.3, -0.25) is 0 Å². The molecular weight excluding hydrogens is 184 g/mol. The lowest BCUT2D eigenvalue weighted by Gasteiger charge is -2.06. The number of aryl methyl sites for hydroxylation is 2. The second kappa shape index (κ2) is 3.50. The summed E-state index contributed by atoms with van der Waals surface area (Å²) >= 11 is 0. The number of rotatable bonds is 2. The molecule has 0 saturated carbocycles. The third-order valence-electron chi connectivity index (χ3n) is 2.00. The Labute approximate surface area is 79.5 Å². The Morgan fingerprint density at radius 1 is 1.31 bits per heavy atom. The maximum Gasteiger partial charge on any atom is 0.175 e. The second-order valence-corrected chi connectivity index (χ2v) is 5.22. The number of sulfone groups is 1. The van der Waals surface area contributed by atoms with Crippen molar-refractivity contribution in [1.82, 2.24) is 0 Å². The summed E-state index contributed by atoms with van der Waals surface area (Å²) in [7, 11) is -3.07. The molecule has 0 unspecified atom stereocenters. The molecule has 1 aromatic carbocycles. The van der Waals surface area contributed by atoms with E-state index in [4.69, 9.17) is 0 Å². The van der Waals surface area contributed by atoms with Crippen LogP contribution in [0.2, 0.25) is 0 Å². The first-order valence-electron chi connectivity index (χ1n) is 4.24. The SMILES string of the molecule is CCc1ccc(C)cc1S(C)(=O)=O. The van der Waals surface area contributed by atoms with E-state index in [0.717, 1.165) is 17.5 Å². The van der Waals surface area contributed by atoms with Gasteiger partial charge in [0.25, 0.3) is 0 Å². The molecular formula is C10H14O2S. The van der Waals surface area contributed by atoms with E-state index in [1.807, 2.05) is 26.0 Å². The van der Waals surface area contributed by atoms with Crippen LogP contribution in [0.1, 0.15) is 18.1 Å². The molecule has 72 valence electrons. The van der Waals surface area contributed by atoms with Crippen LogP contribution in [0.4, 0.5) is 0 Å². The zero-order chi connectivity index (χ0) is 10.1. The van der Waals surface area contributed by atoms with Crippen LogP contribution in [0.3, 0.4) is 0 Å². The summed E-state index contributed by atoms with van der Waals surface area (Å²) in [5, 5.41) is 0. The van der Waals surface area contributed by atoms with Crippen LogP contribution in [0, 0.1) is 6.92 Å². The molecule has 0 radical (unpaired) electrons. The van der Waals surface area contributed by atoms with Crippen molar-refractivity contribution in [3.8, 4) is 0 Å². The van der Waals surface area contributed by atoms with Crippen LogP contribution < -0.4 is 0 Å². The van der Waals surface area contributed by atoms with Crippen molar-refractivity contribution in [3.05, 3.63) is 29.3 Å². The minimum atomic E-state index is -3.07. The summed E-state index contributed by atoms with van der Waals surface area (Å²) in [6.07, 6.45) is 2.00. The predicted molar refractivity (Wildman–Crippen MR) is 53.7 cm³/mol. The van der Waals surface area contributed by atoms with Gasteiger partial charge in [0.1, 0.15) is 0 Å². The molecule has 0 fully saturated rings. The number of benzene rings is 1. The smallest absolute Gasteiger partial charge is 0.175 e. The molecule has 0 saturated heterocycles. The Morgan fingerprint density at radius 3 is 2.38 bits per heavy atom. The molecule has 0 bridgehead atoms. The molecule has 0 N–H and O–H groups in total. The van der Waals surface area contributed by atoms with Crippen LogP contribution in [0.5, 0.6) is 0 Å². The lowest BCUT2D eigenvalue weighted by atomic mass is 10.1. The van der Waals surface area contributed by atoms with Crippen molar-refractivity contribution >= 4 is 9.84 Å². The highest BCUT2D eigenvalue weighted by atomic mass is 32.2. The van der Waals surface area contributed by atoms with E-state index in [1.165, 1.54) is 6.26 Å². The van der Waals surface area contributed by atoms with Gasteiger partial charge in [-0.25, -0.2) is 8.42 Å². The maximum absolute atomic E-state index is 11.4. The van der Waals surface area contributed by atoms with Crippen molar-refractivity contribution < 1.29 is 8.42 Å². The fraction of sp³-hybridized carbons (Fsp3) is 0.400. The predicted octanol–water partition coefficient (Wildman–Crippen LogP) is 1.96. The van der Waals surface area contributed by atoms with Gasteiger partial charge >= 0.3 is 0 Å². The highest BCUT2D eigenvalue weighted by Gasteiger charge is 2.11. The third-order valence-corrected chi connectivity index (χ3v) is 3.18. The van der Waals surface area contributed by atoms with E-state index in [2.05, 4.69) is 0 Å². The minimum absolute atomic E-state index is 0.468. The van der Waals surface area contributed by atoms with Crippen LogP contribution in [-0.2, 0) is 16.3 Å². The zero-order valence-electron chi connectivity index (χ0n) is 8.16. The third kappa shape index (κ3) is 2.31. The molecule has 13 heavy (non-hydrogen) atoms. The Bertz CT molecular complexity index is 405. The molecule has 2 nitrogen and oxygen atoms in total. The average Bonchev–Trinajstić information content (AvgIpc) is 2.03. The Morgan fingerprint density at radius 2 is 1.92 bits per heavy atom. The van der Waals surface area contributed by atoms with Gasteiger partial charge in [-0.05, 0) is 30.5 Å². The fourth-order valence-electron chi connectivity index (χ4n) is 1.30. The normalized spacial score (nSPS) is 11.6. The Kier molecular flexibility index (Phi) is 2.76. The average molecular weight is 198 g/mol. The first-order valence-corrected chi connectivity index (χ1v) is 6.14. The highest BCUT2D eigenvalue weighted by molar-refractivity contribution is 7.90. The number of hydrogen-bond acceptors (Lipinski definition) is 2. The summed E-state index contributed by atoms with van der Waals surface area (Å²) in [5.74, 6) is 0. The summed E-state index contributed by atoms with van der Waals surface area (Å²) in [6.45, 7) is 3.85. The molecule has 0 amide bonds. The molecule has 3 heteroatoms. The lowest BCUT2D eigenvalue weighted by Crippen LogP contribution is -2.02. The second-order valence-electron chi connectivity index (χ2n) is 3.24. The van der Waals surface area contributed by atoms with Crippen molar-refractivity contribution in [2.75, 3.05) is 6.26 Å². The van der Waals surface area contributed by atoms with Crippen molar-refractivity contribution in [2.24, 2.45) is 0 Å². The Balaban J connectivity index is 3.41. The minimum Gasteiger partial charge on any atom is -0.224 e. The van der Waals surface area contributed by atoms with E-state index < -0.39 is 9.84 Å². The van der Waals surface area contributed by atoms with E-state index in [0.29, 0.717) is 4.90 Å². The molecule has 0 aliphatic carbocycles. The van der Waals surface area contributed by atoms with Gasteiger partial charge in [0.2, 0.25) is 0 Å². The van der Waals surface area contributed by atoms with E-state index >= 15 is 0 Å². The van der Waals surface area contributed by atoms with Gasteiger partial charge in [0.15, 0.2) is 9.84 Å². The molecule has 0 aromatic heterocycles. The molecule has 0 atom stereocenters. The van der Waals surface area contributed by atoms with Crippen LogP contribution in [0.15, 0.2) is 23.1 Å². The zero-order valence-corrected chi connectivity index (χ0v) is 8.98. The fourth-order valence-corrected chi connectivity index (χ4v) is 2.39. The lowest BCUT2D eigenvalue weighted by molar-refractivity contribution is 0.600. The van der Waals surface area contributed by atoms with Crippen LogP contribution in [0.25, 0.3) is 0 Å². The summed E-state index contributed by atoms with van der Waals surface area (Å²) in [5.41, 5.74) is 1.88. The van der Waals surface area contributed by atoms with Gasteiger partial charge in [-0.1, -0.05) is 19.1 Å². The van der Waals surface area contributed by atoms with E-state index in [1.54, 1.807) is 6.07 Å². The molecule has 1 rings (SSSR count). The van der Waals surface area contributed by atoms with E-state index in [-0.39, 0.29) is 0 Å². The maximum atomic E-state index is 11.4. The van der Waals surface area contributed by atoms with Crippen LogP contribution >= 0.6 is 0 Å². The van der Waals surface area contributed by atoms with Crippen molar-refractivity contribution in [2.45, 2.75) is 25.2 Å². The molecule has 0 spiro atoms. The summed E-state index contributed by atoms with van der Waals surface area (Å²) in [4.78, 5) is 0.468. The van der Waals surface area contributed by atoms with Crippen molar-refractivity contribution in [3.63, 3.8) is 0 Å². The highest BCUT2D eigenvalue weighted by Crippen LogP contribution is 2.17. The molecule has 1 aromatic rings. The van der Waals surface area contributed by atoms with Gasteiger partial charge in [0.05, 0.1) is 4.90 Å². The first-order chi connectivity index (χ1) is 5.95. The quantitative estimate of drug-likeness (QED) is 0.728. The van der Waals surface area contributed by atoms with Gasteiger partial charge < -0.3 is 0 Å². The number of hydrogen-bond donors (Lipinski definition) is 0. The Hall–Kier alpha value is -0.830. The summed E-state index contributed by atoms with van der Waals surface area (Å²) < 4.78 is 22.7. The standard InChI is InChI=1S/C10H14O2S/c1-4-9-6-5-8(2)7-10(9)13(3,11)12/h5-7H,4H2,1-3H3. The summed E-state index contributed by atoms with van der Waals surface area (Å²) in [6, 6.07) is 5.55. The largest absolute Gasteiger partial charge is 0.224 e. The van der Waals surface area contributed by atoms with Crippen LogP contribution in [-0.4, -0.2) is 14.7 Å². The monoisotopic (exact) mass is 198 g/mol. The van der Waals surface area contributed by atoms with Gasteiger partial charge in [0, 0.05) is 6.26 Å². The van der Waals surface area contributed by atoms with Crippen molar-refractivity contribution in [1.29, 1.82) is 0 Å². The van der Waals surface area contributed by atoms with Gasteiger partial charge in [-0.2, -0.15) is 0 Å². The molecule has 0 aliphatic rings. The molecule has 0 heterocycles. The van der Waals surface area contributed by atoms with E-state index in [9.17, 15) is 8.42 Å². The molecule has 0 aliphatic heterocycles.